The molecule has 1 aliphatic carbocycles. The van der Waals surface area contributed by atoms with Gasteiger partial charge in [-0.3, -0.25) is 0 Å². The molecule has 0 saturated heterocycles. The van der Waals surface area contributed by atoms with Crippen molar-refractivity contribution in [3.63, 3.8) is 0 Å². The fourth-order valence-corrected chi connectivity index (χ4v) is 4.13. The van der Waals surface area contributed by atoms with Crippen molar-refractivity contribution in [1.29, 1.82) is 0 Å². The first-order valence-electron chi connectivity index (χ1n) is 6.37. The molecule has 0 radical (unpaired) electrons. The molecule has 0 bridgehead atoms. The van der Waals surface area contributed by atoms with Gasteiger partial charge in [0.25, 0.3) is 0 Å². The summed E-state index contributed by atoms with van der Waals surface area (Å²) in [6, 6.07) is 6.20. The van der Waals surface area contributed by atoms with Gasteiger partial charge >= 0.3 is 0 Å². The molecule has 18 heavy (non-hydrogen) atoms. The first kappa shape index (κ1) is 14.4. The van der Waals surface area contributed by atoms with Crippen molar-refractivity contribution < 1.29 is 0 Å². The summed E-state index contributed by atoms with van der Waals surface area (Å²) < 4.78 is 1.01. The third-order valence-corrected chi connectivity index (χ3v) is 5.88. The fraction of sp³-hybridized carbons (Fsp3) is 0.600. The highest BCUT2D eigenvalue weighted by Gasteiger charge is 2.66. The van der Waals surface area contributed by atoms with E-state index in [1.54, 1.807) is 0 Å². The van der Waals surface area contributed by atoms with Crippen LogP contribution < -0.4 is 5.73 Å². The van der Waals surface area contributed by atoms with Crippen molar-refractivity contribution in [2.24, 2.45) is 22.5 Å². The van der Waals surface area contributed by atoms with E-state index in [0.29, 0.717) is 16.7 Å². The van der Waals surface area contributed by atoms with Crippen LogP contribution in [0.5, 0.6) is 0 Å². The molecule has 3 heteroatoms. The third-order valence-electron chi connectivity index (χ3n) is 5.03. The SMILES string of the molecule is CC1(C)C(C(N)Cc2ccc(Br)cc2Cl)C1(C)C. The molecule has 1 unspecified atom stereocenters. The maximum atomic E-state index is 6.40. The van der Waals surface area contributed by atoms with E-state index >= 15 is 0 Å². The molecular weight excluding hydrogens is 310 g/mol. The fourth-order valence-electron chi connectivity index (χ4n) is 3.38. The standard InChI is InChI=1S/C15H21BrClN/c1-14(2)13(15(14,3)4)12(18)7-9-5-6-10(16)8-11(9)17/h5-6,8,12-13H,7,18H2,1-4H3. The van der Waals surface area contributed by atoms with Crippen molar-refractivity contribution in [2.75, 3.05) is 0 Å². The molecular formula is C15H21BrClN. The maximum Gasteiger partial charge on any atom is 0.0449 e. The molecule has 0 amide bonds. The molecule has 1 aliphatic rings. The minimum atomic E-state index is 0.175. The Labute approximate surface area is 123 Å². The van der Waals surface area contributed by atoms with Gasteiger partial charge in [0, 0.05) is 15.5 Å². The molecule has 2 N–H and O–H groups in total. The van der Waals surface area contributed by atoms with Crippen LogP contribution in [0.15, 0.2) is 22.7 Å². The van der Waals surface area contributed by atoms with Gasteiger partial charge in [0.2, 0.25) is 0 Å². The van der Waals surface area contributed by atoms with Crippen LogP contribution in [0.2, 0.25) is 5.02 Å². The predicted molar refractivity (Wildman–Crippen MR) is 81.9 cm³/mol. The molecule has 1 atom stereocenters. The summed E-state index contributed by atoms with van der Waals surface area (Å²) in [5.41, 5.74) is 8.20. The molecule has 0 aromatic heterocycles. The van der Waals surface area contributed by atoms with Gasteiger partial charge in [-0.05, 0) is 40.9 Å². The van der Waals surface area contributed by atoms with E-state index in [1.807, 2.05) is 12.1 Å². The first-order valence-corrected chi connectivity index (χ1v) is 7.54. The third kappa shape index (κ3) is 2.23. The predicted octanol–water partition coefficient (Wildman–Crippen LogP) is 4.65. The largest absolute Gasteiger partial charge is 0.327 e. The van der Waals surface area contributed by atoms with Crippen molar-refractivity contribution in [1.82, 2.24) is 0 Å². The molecule has 1 nitrogen and oxygen atoms in total. The number of benzene rings is 1. The molecule has 0 aliphatic heterocycles. The van der Waals surface area contributed by atoms with Gasteiger partial charge < -0.3 is 5.73 Å². The lowest BCUT2D eigenvalue weighted by Gasteiger charge is -2.15. The van der Waals surface area contributed by atoms with E-state index in [1.165, 1.54) is 0 Å². The van der Waals surface area contributed by atoms with Crippen molar-refractivity contribution in [3.8, 4) is 0 Å². The highest BCUT2D eigenvalue weighted by molar-refractivity contribution is 9.10. The molecule has 1 aromatic rings. The van der Waals surface area contributed by atoms with Gasteiger partial charge in [-0.1, -0.05) is 61.3 Å². The summed E-state index contributed by atoms with van der Waals surface area (Å²) in [7, 11) is 0. The maximum absolute atomic E-state index is 6.40. The Morgan fingerprint density at radius 3 is 2.28 bits per heavy atom. The van der Waals surface area contributed by atoms with Gasteiger partial charge in [0.1, 0.15) is 0 Å². The first-order chi connectivity index (χ1) is 8.18. The monoisotopic (exact) mass is 329 g/mol. The Morgan fingerprint density at radius 2 is 1.83 bits per heavy atom. The highest BCUT2D eigenvalue weighted by atomic mass is 79.9. The van der Waals surface area contributed by atoms with Gasteiger partial charge in [-0.25, -0.2) is 0 Å². The highest BCUT2D eigenvalue weighted by Crippen LogP contribution is 2.69. The van der Waals surface area contributed by atoms with Gasteiger partial charge in [-0.2, -0.15) is 0 Å². The lowest BCUT2D eigenvalue weighted by Crippen LogP contribution is -2.28. The van der Waals surface area contributed by atoms with Crippen LogP contribution in [-0.4, -0.2) is 6.04 Å². The minimum absolute atomic E-state index is 0.175. The molecule has 2 rings (SSSR count). The molecule has 1 saturated carbocycles. The number of halogens is 2. The minimum Gasteiger partial charge on any atom is -0.327 e. The van der Waals surface area contributed by atoms with E-state index in [-0.39, 0.29) is 6.04 Å². The Kier molecular flexibility index (Phi) is 3.59. The molecule has 100 valence electrons. The Hall–Kier alpha value is -0.0500. The van der Waals surface area contributed by atoms with E-state index in [0.717, 1.165) is 21.5 Å². The summed E-state index contributed by atoms with van der Waals surface area (Å²) in [4.78, 5) is 0. The number of rotatable bonds is 3. The van der Waals surface area contributed by atoms with Crippen molar-refractivity contribution in [2.45, 2.75) is 40.2 Å². The zero-order chi connectivity index (χ0) is 13.7. The van der Waals surface area contributed by atoms with E-state index in [4.69, 9.17) is 17.3 Å². The van der Waals surface area contributed by atoms with Gasteiger partial charge in [0.05, 0.1) is 0 Å². The van der Waals surface area contributed by atoms with Crippen LogP contribution in [0.25, 0.3) is 0 Å². The zero-order valence-corrected chi connectivity index (χ0v) is 13.8. The van der Waals surface area contributed by atoms with E-state index < -0.39 is 0 Å². The second-order valence-electron chi connectivity index (χ2n) is 6.52. The van der Waals surface area contributed by atoms with Crippen LogP contribution in [0.1, 0.15) is 33.3 Å². The second-order valence-corrected chi connectivity index (χ2v) is 7.85. The Balaban J connectivity index is 2.12. The normalized spacial score (nSPS) is 22.8. The quantitative estimate of drug-likeness (QED) is 0.857. The average Bonchev–Trinajstić information content (AvgIpc) is 2.62. The van der Waals surface area contributed by atoms with Gasteiger partial charge in [0.15, 0.2) is 0 Å². The van der Waals surface area contributed by atoms with Crippen LogP contribution >= 0.6 is 27.5 Å². The Bertz CT molecular complexity index is 454. The van der Waals surface area contributed by atoms with Crippen LogP contribution in [0.4, 0.5) is 0 Å². The zero-order valence-electron chi connectivity index (χ0n) is 11.4. The summed E-state index contributed by atoms with van der Waals surface area (Å²) in [6.45, 7) is 9.23. The smallest absolute Gasteiger partial charge is 0.0449 e. The number of hydrogen-bond donors (Lipinski definition) is 1. The van der Waals surface area contributed by atoms with Crippen LogP contribution in [-0.2, 0) is 6.42 Å². The summed E-state index contributed by atoms with van der Waals surface area (Å²) in [5.74, 6) is 0.560. The van der Waals surface area contributed by atoms with Crippen LogP contribution in [0, 0.1) is 16.7 Å². The number of hydrogen-bond acceptors (Lipinski definition) is 1. The Morgan fingerprint density at radius 1 is 1.28 bits per heavy atom. The van der Waals surface area contributed by atoms with E-state index in [9.17, 15) is 0 Å². The summed E-state index contributed by atoms with van der Waals surface area (Å²) in [5, 5.41) is 0.802. The lowest BCUT2D eigenvalue weighted by molar-refractivity contribution is 0.457. The molecule has 0 heterocycles. The lowest BCUT2D eigenvalue weighted by atomic mass is 9.98. The molecule has 0 spiro atoms. The second kappa shape index (κ2) is 4.50. The van der Waals surface area contributed by atoms with Gasteiger partial charge in [-0.15, -0.1) is 0 Å². The average molecular weight is 331 g/mol. The summed E-state index contributed by atoms with van der Waals surface area (Å²) >= 11 is 9.68. The van der Waals surface area contributed by atoms with Crippen molar-refractivity contribution in [3.05, 3.63) is 33.3 Å². The summed E-state index contributed by atoms with van der Waals surface area (Å²) in [6.07, 6.45) is 0.851. The number of nitrogens with two attached hydrogens (primary N) is 1. The van der Waals surface area contributed by atoms with Crippen LogP contribution in [0.3, 0.4) is 0 Å². The molecule has 1 aromatic carbocycles. The molecule has 1 fully saturated rings. The van der Waals surface area contributed by atoms with E-state index in [2.05, 4.69) is 49.7 Å². The topological polar surface area (TPSA) is 26.0 Å². The van der Waals surface area contributed by atoms with Crippen molar-refractivity contribution >= 4 is 27.5 Å².